The molecular weight excluding hydrogens is 264 g/mol. The van der Waals surface area contributed by atoms with Gasteiger partial charge in [0.2, 0.25) is 5.91 Å². The number of hydrogen-bond donors (Lipinski definition) is 1. The molecule has 1 aromatic carbocycles. The van der Waals surface area contributed by atoms with Gasteiger partial charge in [0.15, 0.2) is 0 Å². The Bertz CT molecular complexity index is 497. The standard InChI is InChI=1S/C17H24N2O2/c1-13-12-21-15-7-3-2-6-14(15)17(13)18-9-8-16(20)19-10-4-5-11-19/h2-3,6-7,13,17-18H,4-5,8-12H2,1H3. The summed E-state index contributed by atoms with van der Waals surface area (Å²) in [5.41, 5.74) is 1.21. The van der Waals surface area contributed by atoms with Crippen LogP contribution in [0, 0.1) is 5.92 Å². The first kappa shape index (κ1) is 14.4. The molecule has 2 atom stereocenters. The van der Waals surface area contributed by atoms with Crippen molar-refractivity contribution in [1.82, 2.24) is 10.2 Å². The van der Waals surface area contributed by atoms with Crippen molar-refractivity contribution in [3.63, 3.8) is 0 Å². The highest BCUT2D eigenvalue weighted by Gasteiger charge is 2.27. The van der Waals surface area contributed by atoms with Crippen LogP contribution < -0.4 is 10.1 Å². The third-order valence-electron chi connectivity index (χ3n) is 4.49. The van der Waals surface area contributed by atoms with Gasteiger partial charge in [-0.1, -0.05) is 25.1 Å². The molecule has 0 saturated carbocycles. The minimum absolute atomic E-state index is 0.279. The van der Waals surface area contributed by atoms with Gasteiger partial charge in [-0.05, 0) is 18.9 Å². The van der Waals surface area contributed by atoms with Crippen molar-refractivity contribution in [2.24, 2.45) is 5.92 Å². The molecule has 114 valence electrons. The number of rotatable bonds is 4. The zero-order chi connectivity index (χ0) is 14.7. The maximum Gasteiger partial charge on any atom is 0.223 e. The Kier molecular flexibility index (Phi) is 4.44. The lowest BCUT2D eigenvalue weighted by Gasteiger charge is -2.32. The van der Waals surface area contributed by atoms with Crippen LogP contribution in [0.1, 0.15) is 37.8 Å². The van der Waals surface area contributed by atoms with Crippen molar-refractivity contribution < 1.29 is 9.53 Å². The number of carbonyl (C=O) groups excluding carboxylic acids is 1. The fraction of sp³-hybridized carbons (Fsp3) is 0.588. The first-order chi connectivity index (χ1) is 10.3. The predicted octanol–water partition coefficient (Wildman–Crippen LogP) is 2.36. The molecule has 2 unspecified atom stereocenters. The molecule has 1 fully saturated rings. The monoisotopic (exact) mass is 288 g/mol. The van der Waals surface area contributed by atoms with E-state index < -0.39 is 0 Å². The Morgan fingerprint density at radius 1 is 1.33 bits per heavy atom. The molecule has 1 N–H and O–H groups in total. The molecule has 2 aliphatic rings. The average Bonchev–Trinajstić information content (AvgIpc) is 3.04. The Hall–Kier alpha value is -1.55. The maximum atomic E-state index is 12.1. The maximum absolute atomic E-state index is 12.1. The van der Waals surface area contributed by atoms with E-state index in [1.54, 1.807) is 0 Å². The predicted molar refractivity (Wildman–Crippen MR) is 82.3 cm³/mol. The van der Waals surface area contributed by atoms with E-state index in [4.69, 9.17) is 4.74 Å². The van der Waals surface area contributed by atoms with E-state index in [2.05, 4.69) is 18.3 Å². The number of fused-ring (bicyclic) bond motifs is 1. The van der Waals surface area contributed by atoms with E-state index in [0.717, 1.165) is 44.8 Å². The number of carbonyl (C=O) groups is 1. The summed E-state index contributed by atoms with van der Waals surface area (Å²) in [6.45, 7) is 5.54. The van der Waals surface area contributed by atoms with Crippen molar-refractivity contribution in [1.29, 1.82) is 0 Å². The van der Waals surface area contributed by atoms with Gasteiger partial charge >= 0.3 is 0 Å². The number of nitrogens with one attached hydrogen (secondary N) is 1. The Balaban J connectivity index is 1.56. The second-order valence-electron chi connectivity index (χ2n) is 6.10. The molecule has 3 rings (SSSR count). The molecule has 0 aliphatic carbocycles. The van der Waals surface area contributed by atoms with E-state index >= 15 is 0 Å². The third-order valence-corrected chi connectivity index (χ3v) is 4.49. The molecule has 1 saturated heterocycles. The molecule has 2 heterocycles. The Morgan fingerprint density at radius 3 is 2.90 bits per heavy atom. The molecule has 0 aromatic heterocycles. The van der Waals surface area contributed by atoms with Gasteiger partial charge in [0.1, 0.15) is 5.75 Å². The Labute approximate surface area is 126 Å². The molecular formula is C17H24N2O2. The van der Waals surface area contributed by atoms with Gasteiger partial charge in [-0.15, -0.1) is 0 Å². The molecule has 4 nitrogen and oxygen atoms in total. The lowest BCUT2D eigenvalue weighted by atomic mass is 9.92. The van der Waals surface area contributed by atoms with Crippen LogP contribution in [0.5, 0.6) is 5.75 Å². The summed E-state index contributed by atoms with van der Waals surface area (Å²) >= 11 is 0. The van der Waals surface area contributed by atoms with Gasteiger partial charge in [0.25, 0.3) is 0 Å². The number of ether oxygens (including phenoxy) is 1. The minimum atomic E-state index is 0.279. The van der Waals surface area contributed by atoms with Crippen molar-refractivity contribution >= 4 is 5.91 Å². The van der Waals surface area contributed by atoms with Crippen LogP contribution >= 0.6 is 0 Å². The number of nitrogens with zero attached hydrogens (tertiary/aromatic N) is 1. The molecule has 4 heteroatoms. The second-order valence-corrected chi connectivity index (χ2v) is 6.10. The zero-order valence-electron chi connectivity index (χ0n) is 12.7. The third kappa shape index (κ3) is 3.21. The molecule has 1 amide bonds. The average molecular weight is 288 g/mol. The number of hydrogen-bond acceptors (Lipinski definition) is 3. The van der Waals surface area contributed by atoms with Gasteiger partial charge in [-0.3, -0.25) is 4.79 Å². The number of likely N-dealkylation sites (tertiary alicyclic amines) is 1. The summed E-state index contributed by atoms with van der Waals surface area (Å²) in [4.78, 5) is 14.1. The summed E-state index contributed by atoms with van der Waals surface area (Å²) in [6.07, 6.45) is 2.90. The highest BCUT2D eigenvalue weighted by Crippen LogP contribution is 2.34. The van der Waals surface area contributed by atoms with E-state index in [1.165, 1.54) is 5.56 Å². The van der Waals surface area contributed by atoms with Crippen molar-refractivity contribution in [2.45, 2.75) is 32.2 Å². The molecule has 0 radical (unpaired) electrons. The van der Waals surface area contributed by atoms with E-state index in [9.17, 15) is 4.79 Å². The van der Waals surface area contributed by atoms with Crippen LogP contribution in [0.15, 0.2) is 24.3 Å². The summed E-state index contributed by atoms with van der Waals surface area (Å²) < 4.78 is 5.76. The smallest absolute Gasteiger partial charge is 0.223 e. The molecule has 2 aliphatic heterocycles. The van der Waals surface area contributed by atoms with Gasteiger partial charge < -0.3 is 15.0 Å². The first-order valence-electron chi connectivity index (χ1n) is 7.98. The van der Waals surface area contributed by atoms with Crippen molar-refractivity contribution in [3.8, 4) is 5.75 Å². The van der Waals surface area contributed by atoms with Crippen LogP contribution in [0.4, 0.5) is 0 Å². The second kappa shape index (κ2) is 6.48. The quantitative estimate of drug-likeness (QED) is 0.925. The van der Waals surface area contributed by atoms with Crippen LogP contribution in [0.25, 0.3) is 0 Å². The lowest BCUT2D eigenvalue weighted by molar-refractivity contribution is -0.130. The SMILES string of the molecule is CC1COc2ccccc2C1NCCC(=O)N1CCCC1. The Morgan fingerprint density at radius 2 is 2.10 bits per heavy atom. The molecule has 1 aromatic rings. The lowest BCUT2D eigenvalue weighted by Crippen LogP contribution is -2.36. The first-order valence-corrected chi connectivity index (χ1v) is 7.98. The van der Waals surface area contributed by atoms with Crippen molar-refractivity contribution in [2.75, 3.05) is 26.2 Å². The zero-order valence-corrected chi connectivity index (χ0v) is 12.7. The highest BCUT2D eigenvalue weighted by atomic mass is 16.5. The van der Waals surface area contributed by atoms with Crippen LogP contribution in [0.2, 0.25) is 0 Å². The molecule has 21 heavy (non-hydrogen) atoms. The highest BCUT2D eigenvalue weighted by molar-refractivity contribution is 5.76. The number of para-hydroxylation sites is 1. The topological polar surface area (TPSA) is 41.6 Å². The van der Waals surface area contributed by atoms with E-state index in [-0.39, 0.29) is 11.9 Å². The fourth-order valence-electron chi connectivity index (χ4n) is 3.26. The number of benzene rings is 1. The normalized spacial score (nSPS) is 24.5. The molecule has 0 spiro atoms. The summed E-state index contributed by atoms with van der Waals surface area (Å²) in [5.74, 6) is 1.67. The number of amides is 1. The van der Waals surface area contributed by atoms with Crippen LogP contribution in [-0.4, -0.2) is 37.0 Å². The summed E-state index contributed by atoms with van der Waals surface area (Å²) in [6, 6.07) is 8.46. The van der Waals surface area contributed by atoms with Gasteiger partial charge in [-0.2, -0.15) is 0 Å². The van der Waals surface area contributed by atoms with Gasteiger partial charge in [0.05, 0.1) is 6.61 Å². The fourth-order valence-corrected chi connectivity index (χ4v) is 3.26. The summed E-state index contributed by atoms with van der Waals surface area (Å²) in [7, 11) is 0. The van der Waals surface area contributed by atoms with Crippen LogP contribution in [-0.2, 0) is 4.79 Å². The largest absolute Gasteiger partial charge is 0.493 e. The van der Waals surface area contributed by atoms with Crippen molar-refractivity contribution in [3.05, 3.63) is 29.8 Å². The van der Waals surface area contributed by atoms with Crippen LogP contribution in [0.3, 0.4) is 0 Å². The van der Waals surface area contributed by atoms with E-state index in [0.29, 0.717) is 12.3 Å². The molecule has 0 bridgehead atoms. The minimum Gasteiger partial charge on any atom is -0.493 e. The van der Waals surface area contributed by atoms with Gasteiger partial charge in [-0.25, -0.2) is 0 Å². The van der Waals surface area contributed by atoms with Gasteiger partial charge in [0, 0.05) is 43.6 Å². The summed E-state index contributed by atoms with van der Waals surface area (Å²) in [5, 5.41) is 3.55. The van der Waals surface area contributed by atoms with E-state index in [1.807, 2.05) is 23.1 Å².